The molecule has 0 bridgehead atoms. The molecule has 1 heterocycles. The van der Waals surface area contributed by atoms with Crippen molar-refractivity contribution in [1.82, 2.24) is 4.98 Å². The molecular weight excluding hydrogens is 304 g/mol. The number of hydrogen-bond donors (Lipinski definition) is 0. The summed E-state index contributed by atoms with van der Waals surface area (Å²) in [6.45, 7) is 3.93. The summed E-state index contributed by atoms with van der Waals surface area (Å²) in [5.74, 6) is 0. The Morgan fingerprint density at radius 2 is 2.00 bits per heavy atom. The molecule has 0 saturated heterocycles. The number of benzene rings is 2. The number of nitrogens with zero attached hydrogens (tertiary/aromatic N) is 2. The molecule has 0 saturated carbocycles. The Labute approximate surface area is 130 Å². The van der Waals surface area contributed by atoms with Crippen LogP contribution in [-0.4, -0.2) is 9.91 Å². The Kier molecular flexibility index (Phi) is 3.65. The Balaban J connectivity index is 1.93. The van der Waals surface area contributed by atoms with Crippen molar-refractivity contribution in [1.29, 1.82) is 0 Å². The van der Waals surface area contributed by atoms with E-state index in [0.717, 1.165) is 25.0 Å². The summed E-state index contributed by atoms with van der Waals surface area (Å²) >= 11 is 3.19. The first-order valence-electron chi connectivity index (χ1n) is 6.33. The second-order valence-electron chi connectivity index (χ2n) is 4.76. The Hall–Kier alpha value is -1.92. The highest BCUT2D eigenvalue weighted by molar-refractivity contribution is 8.01. The lowest BCUT2D eigenvalue weighted by atomic mass is 10.2. The van der Waals surface area contributed by atoms with E-state index >= 15 is 0 Å². The minimum Gasteiger partial charge on any atom is -0.258 e. The largest absolute Gasteiger partial charge is 0.269 e. The zero-order valence-electron chi connectivity index (χ0n) is 11.5. The van der Waals surface area contributed by atoms with E-state index in [1.165, 1.54) is 11.6 Å². The molecule has 6 heteroatoms. The number of thiazole rings is 1. The van der Waals surface area contributed by atoms with Crippen molar-refractivity contribution < 1.29 is 4.92 Å². The standard InChI is InChI=1S/C15H12N2O2S2/c1-9-3-5-14-12(7-9)16-15(21-14)20-13-6-4-11(17(18)19)8-10(13)2/h3-8H,1-2H3. The molecule has 4 nitrogen and oxygen atoms in total. The molecule has 0 aliphatic heterocycles. The van der Waals surface area contributed by atoms with Crippen LogP contribution in [0.1, 0.15) is 11.1 Å². The van der Waals surface area contributed by atoms with Gasteiger partial charge >= 0.3 is 0 Å². The van der Waals surface area contributed by atoms with E-state index in [4.69, 9.17) is 0 Å². The second-order valence-corrected chi connectivity index (χ2v) is 7.08. The van der Waals surface area contributed by atoms with Crippen LogP contribution in [0.2, 0.25) is 0 Å². The van der Waals surface area contributed by atoms with Crippen molar-refractivity contribution in [2.75, 3.05) is 0 Å². The van der Waals surface area contributed by atoms with E-state index in [2.05, 4.69) is 23.2 Å². The molecule has 0 fully saturated rings. The van der Waals surface area contributed by atoms with Crippen LogP contribution >= 0.6 is 23.1 Å². The van der Waals surface area contributed by atoms with Crippen molar-refractivity contribution in [2.24, 2.45) is 0 Å². The van der Waals surface area contributed by atoms with Crippen LogP contribution in [-0.2, 0) is 0 Å². The zero-order valence-corrected chi connectivity index (χ0v) is 13.1. The summed E-state index contributed by atoms with van der Waals surface area (Å²) in [6, 6.07) is 11.1. The van der Waals surface area contributed by atoms with Crippen LogP contribution in [0.15, 0.2) is 45.6 Å². The van der Waals surface area contributed by atoms with E-state index in [9.17, 15) is 10.1 Å². The van der Waals surface area contributed by atoms with Crippen molar-refractivity contribution in [3.8, 4) is 0 Å². The molecule has 21 heavy (non-hydrogen) atoms. The number of fused-ring (bicyclic) bond motifs is 1. The van der Waals surface area contributed by atoms with Crippen molar-refractivity contribution in [2.45, 2.75) is 23.1 Å². The summed E-state index contributed by atoms with van der Waals surface area (Å²) in [6.07, 6.45) is 0. The van der Waals surface area contributed by atoms with Gasteiger partial charge in [-0.25, -0.2) is 4.98 Å². The Bertz CT molecular complexity index is 843. The van der Waals surface area contributed by atoms with Gasteiger partial charge in [-0.1, -0.05) is 17.8 Å². The van der Waals surface area contributed by atoms with Crippen LogP contribution in [0.3, 0.4) is 0 Å². The summed E-state index contributed by atoms with van der Waals surface area (Å²) in [7, 11) is 0. The minimum atomic E-state index is -0.373. The lowest BCUT2D eigenvalue weighted by Crippen LogP contribution is -1.89. The molecule has 0 aliphatic rings. The number of aryl methyl sites for hydroxylation is 2. The molecule has 106 valence electrons. The van der Waals surface area contributed by atoms with Gasteiger partial charge in [0.25, 0.3) is 5.69 Å². The molecule has 0 atom stereocenters. The maximum absolute atomic E-state index is 10.8. The fourth-order valence-corrected chi connectivity index (χ4v) is 4.09. The van der Waals surface area contributed by atoms with Gasteiger partial charge in [0.1, 0.15) is 0 Å². The first-order valence-corrected chi connectivity index (χ1v) is 7.96. The summed E-state index contributed by atoms with van der Waals surface area (Å²) in [5.41, 5.74) is 3.21. The summed E-state index contributed by atoms with van der Waals surface area (Å²) in [4.78, 5) is 16.0. The van der Waals surface area contributed by atoms with Crippen LogP contribution in [0.25, 0.3) is 10.2 Å². The van der Waals surface area contributed by atoms with Gasteiger partial charge in [0.15, 0.2) is 4.34 Å². The zero-order chi connectivity index (χ0) is 15.0. The second kappa shape index (κ2) is 5.46. The van der Waals surface area contributed by atoms with E-state index in [0.29, 0.717) is 0 Å². The third kappa shape index (κ3) is 2.91. The van der Waals surface area contributed by atoms with Gasteiger partial charge in [-0.15, -0.1) is 11.3 Å². The van der Waals surface area contributed by atoms with Gasteiger partial charge in [0, 0.05) is 17.0 Å². The molecule has 3 rings (SSSR count). The molecule has 3 aromatic rings. The monoisotopic (exact) mass is 316 g/mol. The SMILES string of the molecule is Cc1ccc2sc(Sc3ccc([N+](=O)[O-])cc3C)nc2c1. The van der Waals surface area contributed by atoms with E-state index in [1.54, 1.807) is 35.2 Å². The lowest BCUT2D eigenvalue weighted by Gasteiger charge is -2.02. The molecule has 0 aliphatic carbocycles. The van der Waals surface area contributed by atoms with Gasteiger partial charge in [-0.2, -0.15) is 0 Å². The third-order valence-electron chi connectivity index (χ3n) is 3.09. The first-order chi connectivity index (χ1) is 10.0. The predicted octanol–water partition coefficient (Wildman–Crippen LogP) is 4.97. The fourth-order valence-electron chi connectivity index (χ4n) is 2.02. The van der Waals surface area contributed by atoms with E-state index in [-0.39, 0.29) is 10.6 Å². The Morgan fingerprint density at radius 3 is 2.71 bits per heavy atom. The van der Waals surface area contributed by atoms with Crippen molar-refractivity contribution in [3.63, 3.8) is 0 Å². The minimum absolute atomic E-state index is 0.122. The average molecular weight is 316 g/mol. The normalized spacial score (nSPS) is 11.0. The van der Waals surface area contributed by atoms with Gasteiger partial charge in [-0.3, -0.25) is 10.1 Å². The van der Waals surface area contributed by atoms with Gasteiger partial charge in [0.2, 0.25) is 0 Å². The maximum Gasteiger partial charge on any atom is 0.269 e. The van der Waals surface area contributed by atoms with Crippen molar-refractivity contribution in [3.05, 3.63) is 57.6 Å². The van der Waals surface area contributed by atoms with Crippen molar-refractivity contribution >= 4 is 39.0 Å². The molecule has 0 radical (unpaired) electrons. The smallest absolute Gasteiger partial charge is 0.258 e. The van der Waals surface area contributed by atoms with Crippen LogP contribution in [0.5, 0.6) is 0 Å². The third-order valence-corrected chi connectivity index (χ3v) is 5.36. The molecule has 0 spiro atoms. The number of hydrogen-bond acceptors (Lipinski definition) is 5. The number of nitro groups is 1. The number of aromatic nitrogens is 1. The molecule has 0 amide bonds. The topological polar surface area (TPSA) is 56.0 Å². The van der Waals surface area contributed by atoms with Gasteiger partial charge in [0.05, 0.1) is 15.1 Å². The fraction of sp³-hybridized carbons (Fsp3) is 0.133. The summed E-state index contributed by atoms with van der Waals surface area (Å²) in [5, 5.41) is 10.8. The highest BCUT2D eigenvalue weighted by atomic mass is 32.2. The maximum atomic E-state index is 10.8. The van der Waals surface area contributed by atoms with Gasteiger partial charge < -0.3 is 0 Å². The highest BCUT2D eigenvalue weighted by Crippen LogP contribution is 2.36. The lowest BCUT2D eigenvalue weighted by molar-refractivity contribution is -0.385. The van der Waals surface area contributed by atoms with Crippen LogP contribution in [0, 0.1) is 24.0 Å². The molecule has 0 N–H and O–H groups in total. The molecule has 0 unspecified atom stereocenters. The van der Waals surface area contributed by atoms with E-state index < -0.39 is 0 Å². The van der Waals surface area contributed by atoms with Crippen LogP contribution < -0.4 is 0 Å². The average Bonchev–Trinajstić information content (AvgIpc) is 2.82. The van der Waals surface area contributed by atoms with E-state index in [1.807, 2.05) is 13.8 Å². The first kappa shape index (κ1) is 14.0. The molecular formula is C15H12N2O2S2. The quantitative estimate of drug-likeness (QED) is 0.505. The Morgan fingerprint density at radius 1 is 1.19 bits per heavy atom. The number of non-ortho nitro benzene ring substituents is 1. The predicted molar refractivity (Wildman–Crippen MR) is 86.3 cm³/mol. The molecule has 2 aromatic carbocycles. The van der Waals surface area contributed by atoms with Crippen LogP contribution in [0.4, 0.5) is 5.69 Å². The molecule has 1 aromatic heterocycles. The summed E-state index contributed by atoms with van der Waals surface area (Å²) < 4.78 is 2.11. The van der Waals surface area contributed by atoms with Gasteiger partial charge in [-0.05, 0) is 43.2 Å². The number of nitro benzene ring substituents is 1. The highest BCUT2D eigenvalue weighted by Gasteiger charge is 2.11. The number of rotatable bonds is 3.